The Kier molecular flexibility index (Phi) is 5.73. The molecule has 2 N–H and O–H groups in total. The van der Waals surface area contributed by atoms with Gasteiger partial charge in [0.2, 0.25) is 17.6 Å². The van der Waals surface area contributed by atoms with E-state index < -0.39 is 0 Å². The first-order valence-electron chi connectivity index (χ1n) is 8.35. The third kappa shape index (κ3) is 4.36. The Morgan fingerprint density at radius 1 is 1.18 bits per heavy atom. The molecule has 146 valence electrons. The van der Waals surface area contributed by atoms with Gasteiger partial charge in [0, 0.05) is 19.7 Å². The van der Waals surface area contributed by atoms with Crippen LogP contribution >= 0.6 is 11.8 Å². The van der Waals surface area contributed by atoms with Gasteiger partial charge in [0.05, 0.1) is 5.75 Å². The summed E-state index contributed by atoms with van der Waals surface area (Å²) in [5.74, 6) is 0.228. The summed E-state index contributed by atoms with van der Waals surface area (Å²) in [6.45, 7) is 5.26. The van der Waals surface area contributed by atoms with Crippen LogP contribution in [0.4, 0.5) is 11.5 Å². The van der Waals surface area contributed by atoms with Crippen molar-refractivity contribution in [2.45, 2.75) is 25.9 Å². The smallest absolute Gasteiger partial charge is 0.234 e. The number of benzene rings is 1. The van der Waals surface area contributed by atoms with Crippen LogP contribution < -0.4 is 10.6 Å². The van der Waals surface area contributed by atoms with Gasteiger partial charge in [-0.05, 0) is 41.4 Å². The van der Waals surface area contributed by atoms with Gasteiger partial charge < -0.3 is 15.2 Å². The molecule has 2 heterocycles. The molecule has 0 atom stereocenters. The molecule has 2 amide bonds. The van der Waals surface area contributed by atoms with Gasteiger partial charge >= 0.3 is 0 Å². The fourth-order valence-corrected chi connectivity index (χ4v) is 3.13. The van der Waals surface area contributed by atoms with E-state index in [0.717, 1.165) is 16.8 Å². The second-order valence-corrected chi connectivity index (χ2v) is 7.11. The van der Waals surface area contributed by atoms with E-state index in [1.807, 2.05) is 32.0 Å². The molecule has 0 aliphatic rings. The lowest BCUT2D eigenvalue weighted by Gasteiger charge is -2.09. The predicted octanol–water partition coefficient (Wildman–Crippen LogP) is 2.17. The van der Waals surface area contributed by atoms with Gasteiger partial charge in [-0.3, -0.25) is 9.59 Å². The molecule has 0 fully saturated rings. The van der Waals surface area contributed by atoms with Crippen LogP contribution in [0.1, 0.15) is 18.1 Å². The molecule has 11 heteroatoms. The molecular weight excluding hydrogens is 382 g/mol. The maximum Gasteiger partial charge on any atom is 0.234 e. The Balaban J connectivity index is 1.68. The van der Waals surface area contributed by atoms with Crippen molar-refractivity contribution in [3.8, 4) is 11.5 Å². The van der Waals surface area contributed by atoms with E-state index in [2.05, 4.69) is 35.8 Å². The molecule has 0 unspecified atom stereocenters. The molecule has 28 heavy (non-hydrogen) atoms. The molecule has 3 aromatic rings. The van der Waals surface area contributed by atoms with Crippen molar-refractivity contribution in [3.63, 3.8) is 0 Å². The fourth-order valence-electron chi connectivity index (χ4n) is 2.42. The Labute approximate surface area is 165 Å². The van der Waals surface area contributed by atoms with Crippen LogP contribution in [0.3, 0.4) is 0 Å². The molecule has 0 bridgehead atoms. The second kappa shape index (κ2) is 8.21. The molecular formula is C17H19N7O3S. The van der Waals surface area contributed by atoms with Crippen LogP contribution in [0.15, 0.2) is 28.0 Å². The minimum atomic E-state index is -0.308. The molecule has 0 radical (unpaired) electrons. The van der Waals surface area contributed by atoms with Crippen LogP contribution in [-0.4, -0.2) is 42.6 Å². The van der Waals surface area contributed by atoms with Crippen molar-refractivity contribution >= 4 is 35.1 Å². The summed E-state index contributed by atoms with van der Waals surface area (Å²) in [6.07, 6.45) is 0. The zero-order valence-electron chi connectivity index (χ0n) is 15.8. The van der Waals surface area contributed by atoms with E-state index >= 15 is 0 Å². The average Bonchev–Trinajstić information content (AvgIpc) is 3.22. The van der Waals surface area contributed by atoms with Crippen LogP contribution in [0.2, 0.25) is 0 Å². The summed E-state index contributed by atoms with van der Waals surface area (Å²) in [5, 5.41) is 21.5. The van der Waals surface area contributed by atoms with Crippen molar-refractivity contribution in [2.24, 2.45) is 7.05 Å². The van der Waals surface area contributed by atoms with Crippen LogP contribution in [0, 0.1) is 13.8 Å². The van der Waals surface area contributed by atoms with Gasteiger partial charge in [0.15, 0.2) is 16.7 Å². The number of rotatable bonds is 6. The minimum Gasteiger partial charge on any atom is -0.325 e. The first kappa shape index (κ1) is 19.5. The summed E-state index contributed by atoms with van der Waals surface area (Å²) >= 11 is 1.23. The normalized spacial score (nSPS) is 10.7. The summed E-state index contributed by atoms with van der Waals surface area (Å²) in [7, 11) is 1.73. The lowest BCUT2D eigenvalue weighted by molar-refractivity contribution is -0.114. The van der Waals surface area contributed by atoms with Gasteiger partial charge in [-0.15, -0.1) is 10.2 Å². The molecule has 1 aromatic carbocycles. The molecule has 0 aliphatic heterocycles. The quantitative estimate of drug-likeness (QED) is 0.602. The number of carbonyl (C=O) groups is 2. The number of hydrogen-bond acceptors (Lipinski definition) is 8. The largest absolute Gasteiger partial charge is 0.325 e. The lowest BCUT2D eigenvalue weighted by atomic mass is 10.1. The van der Waals surface area contributed by atoms with Gasteiger partial charge in [0.1, 0.15) is 0 Å². The van der Waals surface area contributed by atoms with Crippen molar-refractivity contribution < 1.29 is 14.2 Å². The standard InChI is InChI=1S/C17H19N7O3S/c1-9-5-6-10(2)12(7-9)19-13(26)8-28-17-21-20-16(24(17)4)14-15(18-11(3)25)23-27-22-14/h5-7H,8H2,1-4H3,(H,19,26)(H,18,23,25). The molecule has 2 aromatic heterocycles. The third-order valence-electron chi connectivity index (χ3n) is 3.83. The lowest BCUT2D eigenvalue weighted by Crippen LogP contribution is -2.15. The number of aromatic nitrogens is 5. The number of carbonyl (C=O) groups excluding carboxylic acids is 2. The van der Waals surface area contributed by atoms with Crippen molar-refractivity contribution in [2.75, 3.05) is 16.4 Å². The molecule has 3 rings (SSSR count). The van der Waals surface area contributed by atoms with Crippen molar-refractivity contribution in [3.05, 3.63) is 29.3 Å². The Bertz CT molecular complexity index is 1030. The van der Waals surface area contributed by atoms with Gasteiger partial charge in [0.25, 0.3) is 0 Å². The van der Waals surface area contributed by atoms with E-state index in [-0.39, 0.29) is 29.1 Å². The van der Waals surface area contributed by atoms with Gasteiger partial charge in [-0.2, -0.15) is 0 Å². The molecule has 0 saturated carbocycles. The second-order valence-electron chi connectivity index (χ2n) is 6.16. The highest BCUT2D eigenvalue weighted by Gasteiger charge is 2.21. The number of nitrogens with zero attached hydrogens (tertiary/aromatic N) is 5. The maximum atomic E-state index is 12.3. The van der Waals surface area contributed by atoms with Crippen LogP contribution in [0.5, 0.6) is 0 Å². The first-order chi connectivity index (χ1) is 13.3. The van der Waals surface area contributed by atoms with E-state index in [1.165, 1.54) is 18.7 Å². The Morgan fingerprint density at radius 3 is 2.71 bits per heavy atom. The van der Waals surface area contributed by atoms with E-state index in [4.69, 9.17) is 0 Å². The maximum absolute atomic E-state index is 12.3. The highest BCUT2D eigenvalue weighted by molar-refractivity contribution is 7.99. The predicted molar refractivity (Wildman–Crippen MR) is 104 cm³/mol. The van der Waals surface area contributed by atoms with Crippen molar-refractivity contribution in [1.82, 2.24) is 25.1 Å². The molecule has 0 spiro atoms. The number of hydrogen-bond donors (Lipinski definition) is 2. The monoisotopic (exact) mass is 401 g/mol. The zero-order valence-corrected chi connectivity index (χ0v) is 16.6. The zero-order chi connectivity index (χ0) is 20.3. The number of anilines is 2. The van der Waals surface area contributed by atoms with Gasteiger partial charge in [-0.25, -0.2) is 4.63 Å². The molecule has 0 aliphatic carbocycles. The SMILES string of the molecule is CC(=O)Nc1nonc1-c1nnc(SCC(=O)Nc2cc(C)ccc2C)n1C. The average molecular weight is 401 g/mol. The fraction of sp³-hybridized carbons (Fsp3) is 0.294. The van der Waals surface area contributed by atoms with E-state index in [0.29, 0.717) is 11.0 Å². The molecule has 10 nitrogen and oxygen atoms in total. The molecule has 0 saturated heterocycles. The van der Waals surface area contributed by atoms with Crippen molar-refractivity contribution in [1.29, 1.82) is 0 Å². The van der Waals surface area contributed by atoms with Gasteiger partial charge in [-0.1, -0.05) is 23.9 Å². The van der Waals surface area contributed by atoms with Crippen LogP contribution in [-0.2, 0) is 16.6 Å². The number of amides is 2. The third-order valence-corrected chi connectivity index (χ3v) is 4.85. The summed E-state index contributed by atoms with van der Waals surface area (Å²) in [4.78, 5) is 23.5. The highest BCUT2D eigenvalue weighted by atomic mass is 32.2. The Morgan fingerprint density at radius 2 is 1.96 bits per heavy atom. The number of thioether (sulfide) groups is 1. The summed E-state index contributed by atoms with van der Waals surface area (Å²) in [5.41, 5.74) is 3.12. The highest BCUT2D eigenvalue weighted by Crippen LogP contribution is 2.26. The van der Waals surface area contributed by atoms with E-state index in [1.54, 1.807) is 11.6 Å². The Hall–Kier alpha value is -3.21. The first-order valence-corrected chi connectivity index (χ1v) is 9.33. The summed E-state index contributed by atoms with van der Waals surface area (Å²) < 4.78 is 6.34. The minimum absolute atomic E-state index is 0.148. The van der Waals surface area contributed by atoms with Crippen LogP contribution in [0.25, 0.3) is 11.5 Å². The summed E-state index contributed by atoms with van der Waals surface area (Å²) in [6, 6.07) is 5.89. The number of aryl methyl sites for hydroxylation is 2. The van der Waals surface area contributed by atoms with E-state index in [9.17, 15) is 9.59 Å². The number of nitrogens with one attached hydrogen (secondary N) is 2. The topological polar surface area (TPSA) is 128 Å².